The maximum atomic E-state index is 14.0. The number of hydrogen-bond acceptors (Lipinski definition) is 4. The minimum atomic E-state index is -1.37. The van der Waals surface area contributed by atoms with Gasteiger partial charge < -0.3 is 20.1 Å². The predicted octanol–water partition coefficient (Wildman–Crippen LogP) is 2.74. The summed E-state index contributed by atoms with van der Waals surface area (Å²) >= 11 is 0. The van der Waals surface area contributed by atoms with Gasteiger partial charge in [-0.05, 0) is 32.9 Å². The van der Waals surface area contributed by atoms with Crippen molar-refractivity contribution in [2.75, 3.05) is 18.8 Å². The van der Waals surface area contributed by atoms with E-state index >= 15 is 0 Å². The number of nitrogen functional groups attached to an aromatic ring is 1. The van der Waals surface area contributed by atoms with Gasteiger partial charge in [-0.2, -0.15) is 0 Å². The number of carbonyl (C=O) groups excluding carboxylic acids is 1. The first-order chi connectivity index (χ1) is 10.2. The topological polar surface area (TPSA) is 64.8 Å². The number of ether oxygens (including phenoxy) is 2. The van der Waals surface area contributed by atoms with Gasteiger partial charge >= 0.3 is 6.09 Å². The van der Waals surface area contributed by atoms with Crippen LogP contribution in [0.4, 0.5) is 19.3 Å². The lowest BCUT2D eigenvalue weighted by molar-refractivity contribution is 0.0273. The van der Waals surface area contributed by atoms with Crippen LogP contribution in [0.5, 0.6) is 5.75 Å². The first-order valence-electron chi connectivity index (χ1n) is 6.99. The predicted molar refractivity (Wildman–Crippen MR) is 77.9 cm³/mol. The molecular formula is C15H20F2N2O3. The zero-order chi connectivity index (χ0) is 16.5. The summed E-state index contributed by atoms with van der Waals surface area (Å²) < 4.78 is 38.0. The summed E-state index contributed by atoms with van der Waals surface area (Å²) in [5.41, 5.74) is 4.71. The van der Waals surface area contributed by atoms with E-state index in [-0.39, 0.29) is 24.5 Å². The van der Waals surface area contributed by atoms with Gasteiger partial charge in [0.1, 0.15) is 23.3 Å². The number of hydrogen-bond donors (Lipinski definition) is 1. The number of anilines is 1. The Balaban J connectivity index is 1.99. The minimum absolute atomic E-state index is 0.00838. The van der Waals surface area contributed by atoms with E-state index in [2.05, 4.69) is 0 Å². The molecule has 0 aliphatic carbocycles. The fraction of sp³-hybridized carbons (Fsp3) is 0.533. The quantitative estimate of drug-likeness (QED) is 0.853. The maximum absolute atomic E-state index is 14.0. The van der Waals surface area contributed by atoms with E-state index in [1.807, 2.05) is 0 Å². The fourth-order valence-corrected chi connectivity index (χ4v) is 2.08. The van der Waals surface area contributed by atoms with Gasteiger partial charge in [0.2, 0.25) is 0 Å². The van der Waals surface area contributed by atoms with Crippen molar-refractivity contribution in [1.29, 1.82) is 0 Å². The Bertz CT molecular complexity index is 560. The summed E-state index contributed by atoms with van der Waals surface area (Å²) in [5.74, 6) is -0.458. The highest BCUT2D eigenvalue weighted by molar-refractivity contribution is 5.68. The monoisotopic (exact) mass is 314 g/mol. The molecule has 1 fully saturated rings. The number of halogens is 2. The summed E-state index contributed by atoms with van der Waals surface area (Å²) in [7, 11) is 0. The Morgan fingerprint density at radius 3 is 2.64 bits per heavy atom. The van der Waals surface area contributed by atoms with Gasteiger partial charge in [0.25, 0.3) is 0 Å². The van der Waals surface area contributed by atoms with Crippen molar-refractivity contribution in [3.05, 3.63) is 24.0 Å². The number of rotatable bonds is 2. The average Bonchev–Trinajstić information content (AvgIpc) is 2.74. The van der Waals surface area contributed by atoms with Crippen LogP contribution in [-0.4, -0.2) is 42.0 Å². The highest BCUT2D eigenvalue weighted by Crippen LogP contribution is 2.24. The first-order valence-corrected chi connectivity index (χ1v) is 6.99. The van der Waals surface area contributed by atoms with Gasteiger partial charge in [-0.3, -0.25) is 0 Å². The van der Waals surface area contributed by atoms with Crippen LogP contribution in [0.15, 0.2) is 18.2 Å². The Labute approximate surface area is 128 Å². The lowest BCUT2D eigenvalue weighted by Gasteiger charge is -2.24. The van der Waals surface area contributed by atoms with E-state index in [0.29, 0.717) is 0 Å². The largest absolute Gasteiger partial charge is 0.485 e. The van der Waals surface area contributed by atoms with E-state index in [1.54, 1.807) is 20.8 Å². The molecule has 0 bridgehead atoms. The van der Waals surface area contributed by atoms with Crippen LogP contribution in [0.1, 0.15) is 20.8 Å². The summed E-state index contributed by atoms with van der Waals surface area (Å²) in [6.07, 6.45) is -2.83. The molecule has 122 valence electrons. The molecule has 1 saturated heterocycles. The molecule has 2 N–H and O–H groups in total. The van der Waals surface area contributed by atoms with E-state index in [4.69, 9.17) is 15.2 Å². The maximum Gasteiger partial charge on any atom is 0.410 e. The van der Waals surface area contributed by atoms with Crippen molar-refractivity contribution in [3.8, 4) is 5.75 Å². The Kier molecular flexibility index (Phi) is 4.44. The van der Waals surface area contributed by atoms with E-state index in [1.165, 1.54) is 17.0 Å². The van der Waals surface area contributed by atoms with E-state index < -0.39 is 29.8 Å². The van der Waals surface area contributed by atoms with Crippen molar-refractivity contribution in [1.82, 2.24) is 4.90 Å². The molecule has 1 aliphatic heterocycles. The van der Waals surface area contributed by atoms with Crippen LogP contribution >= 0.6 is 0 Å². The third kappa shape index (κ3) is 3.99. The highest BCUT2D eigenvalue weighted by Gasteiger charge is 2.39. The Morgan fingerprint density at radius 1 is 1.36 bits per heavy atom. The van der Waals surface area contributed by atoms with Gasteiger partial charge in [0.15, 0.2) is 6.17 Å². The van der Waals surface area contributed by atoms with Gasteiger partial charge in [0.05, 0.1) is 18.8 Å². The number of carbonyl (C=O) groups is 1. The van der Waals surface area contributed by atoms with Crippen LogP contribution in [0.25, 0.3) is 0 Å². The van der Waals surface area contributed by atoms with Crippen molar-refractivity contribution >= 4 is 11.8 Å². The third-order valence-corrected chi connectivity index (χ3v) is 3.11. The normalized spacial score (nSPS) is 21.8. The molecule has 0 spiro atoms. The smallest absolute Gasteiger partial charge is 0.410 e. The fourth-order valence-electron chi connectivity index (χ4n) is 2.08. The lowest BCUT2D eigenvalue weighted by Crippen LogP contribution is -2.36. The number of likely N-dealkylation sites (tertiary alicyclic amines) is 1. The molecule has 1 heterocycles. The molecular weight excluding hydrogens is 294 g/mol. The molecule has 7 heteroatoms. The SMILES string of the molecule is CC(C)(C)OC(=O)N1C[C@@H](F)[C@H](Oc2ccc(N)c(F)c2)C1. The second kappa shape index (κ2) is 5.98. The Hall–Kier alpha value is -2.05. The standard InChI is InChI=1S/C15H20F2N2O3/c1-15(2,3)22-14(20)19-7-11(17)13(8-19)21-9-4-5-12(18)10(16)6-9/h4-6,11,13H,7-8,18H2,1-3H3/t11-,13-/m1/s1. The van der Waals surface area contributed by atoms with Crippen molar-refractivity contribution < 1.29 is 23.0 Å². The van der Waals surface area contributed by atoms with Crippen LogP contribution in [0.2, 0.25) is 0 Å². The molecule has 1 amide bonds. The van der Waals surface area contributed by atoms with Crippen LogP contribution < -0.4 is 10.5 Å². The highest BCUT2D eigenvalue weighted by atomic mass is 19.1. The van der Waals surface area contributed by atoms with Crippen molar-refractivity contribution in [2.24, 2.45) is 0 Å². The van der Waals surface area contributed by atoms with Crippen LogP contribution in [0, 0.1) is 5.82 Å². The van der Waals surface area contributed by atoms with E-state index in [9.17, 15) is 13.6 Å². The van der Waals surface area contributed by atoms with Gasteiger partial charge in [-0.15, -0.1) is 0 Å². The molecule has 1 aromatic rings. The van der Waals surface area contributed by atoms with Crippen LogP contribution in [-0.2, 0) is 4.74 Å². The lowest BCUT2D eigenvalue weighted by atomic mass is 10.2. The summed E-state index contributed by atoms with van der Waals surface area (Å²) in [6.45, 7) is 5.14. The number of benzene rings is 1. The molecule has 0 aromatic heterocycles. The summed E-state index contributed by atoms with van der Waals surface area (Å²) in [6, 6.07) is 3.90. The molecule has 0 unspecified atom stereocenters. The number of amides is 1. The molecule has 2 atom stereocenters. The summed E-state index contributed by atoms with van der Waals surface area (Å²) in [4.78, 5) is 13.2. The molecule has 5 nitrogen and oxygen atoms in total. The molecule has 2 rings (SSSR count). The van der Waals surface area contributed by atoms with Crippen molar-refractivity contribution in [2.45, 2.75) is 38.6 Å². The zero-order valence-corrected chi connectivity index (χ0v) is 12.8. The minimum Gasteiger partial charge on any atom is -0.485 e. The average molecular weight is 314 g/mol. The molecule has 0 radical (unpaired) electrons. The Morgan fingerprint density at radius 2 is 2.05 bits per heavy atom. The van der Waals surface area contributed by atoms with Crippen LogP contribution in [0.3, 0.4) is 0 Å². The second-order valence-electron chi connectivity index (χ2n) is 6.24. The molecule has 1 aliphatic rings. The van der Waals surface area contributed by atoms with Gasteiger partial charge in [-0.25, -0.2) is 13.6 Å². The number of alkyl halides is 1. The van der Waals surface area contributed by atoms with Crippen molar-refractivity contribution in [3.63, 3.8) is 0 Å². The molecule has 1 aromatic carbocycles. The third-order valence-electron chi connectivity index (χ3n) is 3.11. The number of nitrogens with zero attached hydrogens (tertiary/aromatic N) is 1. The second-order valence-corrected chi connectivity index (χ2v) is 6.24. The van der Waals surface area contributed by atoms with E-state index in [0.717, 1.165) is 6.07 Å². The van der Waals surface area contributed by atoms with Gasteiger partial charge in [0, 0.05) is 6.07 Å². The number of nitrogens with two attached hydrogens (primary N) is 1. The molecule has 0 saturated carbocycles. The summed E-state index contributed by atoms with van der Waals surface area (Å²) in [5, 5.41) is 0. The zero-order valence-electron chi connectivity index (χ0n) is 12.8. The van der Waals surface area contributed by atoms with Gasteiger partial charge in [-0.1, -0.05) is 0 Å². The first kappa shape index (κ1) is 16.3. The molecule has 22 heavy (non-hydrogen) atoms.